The van der Waals surface area contributed by atoms with E-state index in [0.29, 0.717) is 28.3 Å². The lowest BCUT2D eigenvalue weighted by atomic mass is 9.75. The molecule has 2 aromatic rings. The van der Waals surface area contributed by atoms with Crippen LogP contribution in [-0.2, 0) is 6.18 Å². The number of nitrogens with one attached hydrogen (secondary N) is 1. The highest BCUT2D eigenvalue weighted by Crippen LogP contribution is 2.52. The third kappa shape index (κ3) is 2.98. The van der Waals surface area contributed by atoms with Crippen molar-refractivity contribution in [2.24, 2.45) is 5.92 Å². The van der Waals surface area contributed by atoms with Gasteiger partial charge in [-0.25, -0.2) is 4.79 Å². The molecule has 3 unspecified atom stereocenters. The minimum atomic E-state index is -4.43. The van der Waals surface area contributed by atoms with Gasteiger partial charge in [0, 0.05) is 5.92 Å². The van der Waals surface area contributed by atoms with Crippen molar-refractivity contribution in [3.8, 4) is 0 Å². The fourth-order valence-corrected chi connectivity index (χ4v) is 4.32. The van der Waals surface area contributed by atoms with Crippen molar-refractivity contribution in [3.63, 3.8) is 0 Å². The third-order valence-electron chi connectivity index (χ3n) is 5.27. The van der Waals surface area contributed by atoms with Gasteiger partial charge in [-0.15, -0.1) is 0 Å². The Hall–Kier alpha value is -2.47. The molecule has 0 saturated carbocycles. The first-order valence-corrected chi connectivity index (χ1v) is 8.81. The predicted octanol–water partition coefficient (Wildman–Crippen LogP) is 5.88. The summed E-state index contributed by atoms with van der Waals surface area (Å²) in [6, 6.07) is 7.80. The van der Waals surface area contributed by atoms with Crippen molar-refractivity contribution >= 4 is 23.3 Å². The molecule has 0 aromatic heterocycles. The van der Waals surface area contributed by atoms with Crippen LogP contribution in [0.25, 0.3) is 0 Å². The van der Waals surface area contributed by atoms with Gasteiger partial charge in [-0.3, -0.25) is 0 Å². The zero-order chi connectivity index (χ0) is 19.3. The normalized spacial score (nSPS) is 23.5. The van der Waals surface area contributed by atoms with Crippen molar-refractivity contribution in [1.82, 2.24) is 0 Å². The molecule has 7 heteroatoms. The second kappa shape index (κ2) is 6.30. The summed E-state index contributed by atoms with van der Waals surface area (Å²) in [5.74, 6) is -1.36. The lowest BCUT2D eigenvalue weighted by Gasteiger charge is -2.38. The van der Waals surface area contributed by atoms with E-state index in [1.807, 2.05) is 12.2 Å². The van der Waals surface area contributed by atoms with E-state index in [-0.39, 0.29) is 17.4 Å². The number of rotatable bonds is 2. The summed E-state index contributed by atoms with van der Waals surface area (Å²) in [5.41, 5.74) is 1.03. The monoisotopic (exact) mass is 393 g/mol. The van der Waals surface area contributed by atoms with E-state index >= 15 is 0 Å². The van der Waals surface area contributed by atoms with E-state index in [0.717, 1.165) is 12.1 Å². The van der Waals surface area contributed by atoms with Gasteiger partial charge in [-0.1, -0.05) is 35.9 Å². The van der Waals surface area contributed by atoms with Gasteiger partial charge >= 0.3 is 12.1 Å². The van der Waals surface area contributed by atoms with Gasteiger partial charge in [0.05, 0.1) is 27.9 Å². The largest absolute Gasteiger partial charge is 0.478 e. The number of benzene rings is 2. The van der Waals surface area contributed by atoms with Crippen LogP contribution in [0.2, 0.25) is 5.02 Å². The lowest BCUT2D eigenvalue weighted by molar-refractivity contribution is -0.137. The predicted molar refractivity (Wildman–Crippen MR) is 96.2 cm³/mol. The summed E-state index contributed by atoms with van der Waals surface area (Å²) < 4.78 is 39.4. The topological polar surface area (TPSA) is 49.3 Å². The van der Waals surface area contributed by atoms with Gasteiger partial charge in [0.2, 0.25) is 0 Å². The quantitative estimate of drug-likeness (QED) is 0.626. The zero-order valence-electron chi connectivity index (χ0n) is 13.9. The molecule has 0 spiro atoms. The average molecular weight is 394 g/mol. The van der Waals surface area contributed by atoms with Crippen LogP contribution in [0.15, 0.2) is 48.6 Å². The van der Waals surface area contributed by atoms with Crippen molar-refractivity contribution in [2.75, 3.05) is 5.32 Å². The first-order valence-electron chi connectivity index (χ1n) is 8.43. The lowest BCUT2D eigenvalue weighted by Crippen LogP contribution is -2.31. The van der Waals surface area contributed by atoms with E-state index in [1.165, 1.54) is 18.2 Å². The number of aromatic carboxylic acids is 1. The smallest absolute Gasteiger partial charge is 0.416 e. The Kier molecular flexibility index (Phi) is 4.18. The third-order valence-corrected chi connectivity index (χ3v) is 5.59. The molecule has 0 amide bonds. The Labute approximate surface area is 158 Å². The minimum Gasteiger partial charge on any atom is -0.478 e. The summed E-state index contributed by atoms with van der Waals surface area (Å²) in [7, 11) is 0. The van der Waals surface area contributed by atoms with Gasteiger partial charge in [0.15, 0.2) is 0 Å². The van der Waals surface area contributed by atoms with Gasteiger partial charge < -0.3 is 10.4 Å². The number of alkyl halides is 3. The molecule has 1 aliphatic carbocycles. The number of carbonyl (C=O) groups is 1. The maximum Gasteiger partial charge on any atom is 0.416 e. The van der Waals surface area contributed by atoms with Crippen LogP contribution in [0, 0.1) is 5.92 Å². The van der Waals surface area contributed by atoms with E-state index in [9.17, 15) is 23.1 Å². The average Bonchev–Trinajstić information content (AvgIpc) is 3.10. The summed E-state index contributed by atoms with van der Waals surface area (Å²) in [6.45, 7) is 0. The molecule has 0 fully saturated rings. The Balaban J connectivity index is 1.84. The van der Waals surface area contributed by atoms with Crippen LogP contribution in [-0.4, -0.2) is 11.1 Å². The number of carboxylic acids is 1. The molecule has 2 aliphatic rings. The SMILES string of the molecule is O=C(O)c1ccc(Cl)c2c1C1C=CCC1C(c1cccc(C(F)(F)F)c1)N2. The van der Waals surface area contributed by atoms with Gasteiger partial charge in [0.25, 0.3) is 0 Å². The molecule has 1 aliphatic heterocycles. The summed E-state index contributed by atoms with van der Waals surface area (Å²) >= 11 is 6.31. The molecule has 27 heavy (non-hydrogen) atoms. The molecule has 140 valence electrons. The standard InChI is InChI=1S/C20H15ClF3NO2/c21-15-8-7-14(19(26)27)16-12-5-2-6-13(12)17(25-18(15)16)10-3-1-4-11(9-10)20(22,23)24/h1-5,7-9,12-13,17,25H,6H2,(H,26,27). The van der Waals surface area contributed by atoms with Crippen molar-refractivity contribution < 1.29 is 23.1 Å². The highest BCUT2D eigenvalue weighted by Gasteiger charge is 2.41. The Morgan fingerprint density at radius 3 is 2.70 bits per heavy atom. The number of hydrogen-bond donors (Lipinski definition) is 2. The maximum absolute atomic E-state index is 13.1. The van der Waals surface area contributed by atoms with Gasteiger partial charge in [-0.05, 0) is 47.7 Å². The van der Waals surface area contributed by atoms with Crippen molar-refractivity contribution in [3.05, 3.63) is 75.8 Å². The molecule has 4 rings (SSSR count). The van der Waals surface area contributed by atoms with Crippen LogP contribution in [0.5, 0.6) is 0 Å². The van der Waals surface area contributed by atoms with Crippen LogP contribution in [0.1, 0.15) is 45.4 Å². The second-order valence-electron chi connectivity index (χ2n) is 6.79. The molecule has 3 atom stereocenters. The number of carboxylic acid groups (broad SMARTS) is 1. The summed E-state index contributed by atoms with van der Waals surface area (Å²) in [4.78, 5) is 11.7. The van der Waals surface area contributed by atoms with E-state index in [1.54, 1.807) is 6.07 Å². The number of halogens is 4. The maximum atomic E-state index is 13.1. The number of allylic oxidation sites excluding steroid dienone is 2. The van der Waals surface area contributed by atoms with Crippen molar-refractivity contribution in [2.45, 2.75) is 24.6 Å². The highest BCUT2D eigenvalue weighted by molar-refractivity contribution is 6.33. The number of hydrogen-bond acceptors (Lipinski definition) is 2. The van der Waals surface area contributed by atoms with Crippen LogP contribution in [0.4, 0.5) is 18.9 Å². The van der Waals surface area contributed by atoms with Gasteiger partial charge in [0.1, 0.15) is 0 Å². The Morgan fingerprint density at radius 1 is 1.22 bits per heavy atom. The van der Waals surface area contributed by atoms with E-state index in [4.69, 9.17) is 11.6 Å². The molecule has 0 saturated heterocycles. The van der Waals surface area contributed by atoms with E-state index < -0.39 is 23.8 Å². The fraction of sp³-hybridized carbons (Fsp3) is 0.250. The summed E-state index contributed by atoms with van der Waals surface area (Å²) in [6.07, 6.45) is 0.0839. The van der Waals surface area contributed by atoms with Gasteiger partial charge in [-0.2, -0.15) is 13.2 Å². The zero-order valence-corrected chi connectivity index (χ0v) is 14.7. The molecule has 3 nitrogen and oxygen atoms in total. The Morgan fingerprint density at radius 2 is 2.00 bits per heavy atom. The van der Waals surface area contributed by atoms with Crippen molar-refractivity contribution in [1.29, 1.82) is 0 Å². The molecule has 0 radical (unpaired) electrons. The molecular weight excluding hydrogens is 379 g/mol. The minimum absolute atomic E-state index is 0.0856. The summed E-state index contributed by atoms with van der Waals surface area (Å²) in [5, 5.41) is 13.1. The first kappa shape index (κ1) is 17.9. The van der Waals surface area contributed by atoms with E-state index in [2.05, 4.69) is 5.32 Å². The fourth-order valence-electron chi connectivity index (χ4n) is 4.10. The van der Waals surface area contributed by atoms with Crippen LogP contribution in [0.3, 0.4) is 0 Å². The second-order valence-corrected chi connectivity index (χ2v) is 7.19. The van der Waals surface area contributed by atoms with Crippen LogP contribution >= 0.6 is 11.6 Å². The Bertz CT molecular complexity index is 955. The molecule has 2 N–H and O–H groups in total. The molecule has 0 bridgehead atoms. The molecular formula is C20H15ClF3NO2. The molecule has 2 aromatic carbocycles. The number of anilines is 1. The first-order chi connectivity index (χ1) is 12.8. The highest BCUT2D eigenvalue weighted by atomic mass is 35.5. The molecule has 1 heterocycles. The van der Waals surface area contributed by atoms with Crippen LogP contribution < -0.4 is 5.32 Å². The number of fused-ring (bicyclic) bond motifs is 3.